The maximum absolute atomic E-state index is 12.8. The SMILES string of the molecule is Cc1ccc(C)c(C(=O)N2CCN(S(=O)(=O)c3ccc(Br)s3)CC2)c1. The van der Waals surface area contributed by atoms with Crippen molar-refractivity contribution in [2.45, 2.75) is 18.1 Å². The lowest BCUT2D eigenvalue weighted by atomic mass is 10.0. The van der Waals surface area contributed by atoms with Crippen LogP contribution in [0.2, 0.25) is 0 Å². The Bertz CT molecular complexity index is 900. The number of amides is 1. The highest BCUT2D eigenvalue weighted by Gasteiger charge is 2.31. The van der Waals surface area contributed by atoms with Gasteiger partial charge < -0.3 is 4.90 Å². The summed E-state index contributed by atoms with van der Waals surface area (Å²) in [5.74, 6) is -0.0304. The molecule has 0 saturated carbocycles. The lowest BCUT2D eigenvalue weighted by Crippen LogP contribution is -2.50. The molecule has 8 heteroatoms. The standard InChI is InChI=1S/C17H19BrN2O3S2/c1-12-3-4-13(2)14(11-12)17(21)19-7-9-20(10-8-19)25(22,23)16-6-5-15(18)24-16/h3-6,11H,7-10H2,1-2H3. The van der Waals surface area contributed by atoms with E-state index in [0.717, 1.165) is 14.9 Å². The van der Waals surface area contributed by atoms with Gasteiger partial charge in [-0.25, -0.2) is 8.42 Å². The second-order valence-electron chi connectivity index (χ2n) is 6.07. The third kappa shape index (κ3) is 3.81. The summed E-state index contributed by atoms with van der Waals surface area (Å²) in [6, 6.07) is 9.16. The minimum atomic E-state index is -3.49. The molecule has 1 saturated heterocycles. The summed E-state index contributed by atoms with van der Waals surface area (Å²) >= 11 is 4.50. The summed E-state index contributed by atoms with van der Waals surface area (Å²) in [4.78, 5) is 14.5. The molecule has 0 unspecified atom stereocenters. The predicted molar refractivity (Wildman–Crippen MR) is 103 cm³/mol. The van der Waals surface area contributed by atoms with Crippen LogP contribution >= 0.6 is 27.3 Å². The number of benzene rings is 1. The van der Waals surface area contributed by atoms with E-state index in [1.54, 1.807) is 17.0 Å². The highest BCUT2D eigenvalue weighted by atomic mass is 79.9. The highest BCUT2D eigenvalue weighted by Crippen LogP contribution is 2.29. The molecular weight excluding hydrogens is 424 g/mol. The van der Waals surface area contributed by atoms with E-state index in [9.17, 15) is 13.2 Å². The second kappa shape index (κ2) is 7.19. The normalized spacial score (nSPS) is 16.2. The zero-order valence-corrected chi connectivity index (χ0v) is 17.2. The van der Waals surface area contributed by atoms with Gasteiger partial charge in [0.2, 0.25) is 0 Å². The van der Waals surface area contributed by atoms with Crippen molar-refractivity contribution in [3.05, 3.63) is 50.8 Å². The molecule has 1 amide bonds. The average molecular weight is 443 g/mol. The molecular formula is C17H19BrN2O3S2. The number of halogens is 1. The van der Waals surface area contributed by atoms with Crippen LogP contribution in [0.3, 0.4) is 0 Å². The van der Waals surface area contributed by atoms with Crippen LogP contribution in [0, 0.1) is 13.8 Å². The lowest BCUT2D eigenvalue weighted by molar-refractivity contribution is 0.0697. The number of thiophene rings is 1. The molecule has 2 aromatic rings. The van der Waals surface area contributed by atoms with Crippen molar-refractivity contribution in [3.8, 4) is 0 Å². The first kappa shape index (κ1) is 18.6. The van der Waals surface area contributed by atoms with Gasteiger partial charge in [-0.05, 0) is 53.5 Å². The van der Waals surface area contributed by atoms with E-state index >= 15 is 0 Å². The minimum Gasteiger partial charge on any atom is -0.336 e. The first-order valence-corrected chi connectivity index (χ1v) is 11.0. The number of piperazine rings is 1. The number of sulfonamides is 1. The Hall–Kier alpha value is -1.22. The number of aryl methyl sites for hydroxylation is 2. The quantitative estimate of drug-likeness (QED) is 0.732. The van der Waals surface area contributed by atoms with Crippen LogP contribution in [-0.2, 0) is 10.0 Å². The van der Waals surface area contributed by atoms with E-state index in [2.05, 4.69) is 15.9 Å². The van der Waals surface area contributed by atoms with Gasteiger partial charge in [-0.3, -0.25) is 4.79 Å². The van der Waals surface area contributed by atoms with Crippen LogP contribution in [0.5, 0.6) is 0 Å². The van der Waals surface area contributed by atoms with Crippen molar-refractivity contribution in [2.24, 2.45) is 0 Å². The molecule has 5 nitrogen and oxygen atoms in total. The van der Waals surface area contributed by atoms with Crippen molar-refractivity contribution in [2.75, 3.05) is 26.2 Å². The van der Waals surface area contributed by atoms with E-state index in [1.165, 1.54) is 15.6 Å². The lowest BCUT2D eigenvalue weighted by Gasteiger charge is -2.34. The molecule has 0 atom stereocenters. The zero-order valence-electron chi connectivity index (χ0n) is 14.0. The van der Waals surface area contributed by atoms with Gasteiger partial charge in [0.25, 0.3) is 15.9 Å². The summed E-state index contributed by atoms with van der Waals surface area (Å²) < 4.78 is 27.9. The summed E-state index contributed by atoms with van der Waals surface area (Å²) in [6.45, 7) is 5.31. The summed E-state index contributed by atoms with van der Waals surface area (Å²) in [6.07, 6.45) is 0. The molecule has 1 aromatic heterocycles. The highest BCUT2D eigenvalue weighted by molar-refractivity contribution is 9.11. The first-order valence-electron chi connectivity index (χ1n) is 7.91. The molecule has 0 N–H and O–H groups in total. The molecule has 1 aromatic carbocycles. The van der Waals surface area contributed by atoms with E-state index in [0.29, 0.717) is 36.0 Å². The van der Waals surface area contributed by atoms with Crippen LogP contribution in [0.1, 0.15) is 21.5 Å². The van der Waals surface area contributed by atoms with Gasteiger partial charge >= 0.3 is 0 Å². The largest absolute Gasteiger partial charge is 0.336 e. The Kier molecular flexibility index (Phi) is 5.34. The van der Waals surface area contributed by atoms with Crippen LogP contribution in [0.4, 0.5) is 0 Å². The number of rotatable bonds is 3. The Labute approximate surface area is 160 Å². The zero-order chi connectivity index (χ0) is 18.2. The monoisotopic (exact) mass is 442 g/mol. The maximum atomic E-state index is 12.8. The van der Waals surface area contributed by atoms with E-state index in [-0.39, 0.29) is 5.91 Å². The van der Waals surface area contributed by atoms with Crippen molar-refractivity contribution in [1.29, 1.82) is 0 Å². The molecule has 0 radical (unpaired) electrons. The van der Waals surface area contributed by atoms with Gasteiger partial charge in [-0.15, -0.1) is 11.3 Å². The smallest absolute Gasteiger partial charge is 0.254 e. The Morgan fingerprint density at radius 1 is 1.08 bits per heavy atom. The molecule has 0 bridgehead atoms. The van der Waals surface area contributed by atoms with Gasteiger partial charge in [0.15, 0.2) is 0 Å². The Morgan fingerprint density at radius 2 is 1.76 bits per heavy atom. The molecule has 1 fully saturated rings. The molecule has 25 heavy (non-hydrogen) atoms. The van der Waals surface area contributed by atoms with Gasteiger partial charge in [0.05, 0.1) is 3.79 Å². The fourth-order valence-corrected chi connectivity index (χ4v) is 6.42. The van der Waals surface area contributed by atoms with Crippen LogP contribution in [0.25, 0.3) is 0 Å². The number of carbonyl (C=O) groups is 1. The number of nitrogens with zero attached hydrogens (tertiary/aromatic N) is 2. The minimum absolute atomic E-state index is 0.0304. The average Bonchev–Trinajstić information content (AvgIpc) is 3.04. The van der Waals surface area contributed by atoms with Crippen molar-refractivity contribution in [3.63, 3.8) is 0 Å². The third-order valence-corrected chi connectivity index (χ3v) is 8.28. The van der Waals surface area contributed by atoms with Gasteiger partial charge in [-0.1, -0.05) is 17.7 Å². The van der Waals surface area contributed by atoms with Crippen LogP contribution in [0.15, 0.2) is 38.3 Å². The molecule has 0 spiro atoms. The van der Waals surface area contributed by atoms with E-state index in [1.807, 2.05) is 32.0 Å². The first-order chi connectivity index (χ1) is 11.8. The van der Waals surface area contributed by atoms with Gasteiger partial charge in [0, 0.05) is 31.7 Å². The molecule has 2 heterocycles. The van der Waals surface area contributed by atoms with E-state index in [4.69, 9.17) is 0 Å². The second-order valence-corrected chi connectivity index (χ2v) is 10.7. The number of hydrogen-bond acceptors (Lipinski definition) is 4. The molecule has 1 aliphatic rings. The summed E-state index contributed by atoms with van der Waals surface area (Å²) in [5, 5.41) is 0. The summed E-state index contributed by atoms with van der Waals surface area (Å²) in [5.41, 5.74) is 2.67. The van der Waals surface area contributed by atoms with Gasteiger partial charge in [-0.2, -0.15) is 4.31 Å². The van der Waals surface area contributed by atoms with Crippen molar-refractivity contribution < 1.29 is 13.2 Å². The number of carbonyl (C=O) groups excluding carboxylic acids is 1. The summed E-state index contributed by atoms with van der Waals surface area (Å²) in [7, 11) is -3.49. The fourth-order valence-electron chi connectivity index (χ4n) is 2.83. The van der Waals surface area contributed by atoms with Crippen LogP contribution < -0.4 is 0 Å². The number of hydrogen-bond donors (Lipinski definition) is 0. The van der Waals surface area contributed by atoms with Gasteiger partial charge in [0.1, 0.15) is 4.21 Å². The Morgan fingerprint density at radius 3 is 2.36 bits per heavy atom. The van der Waals surface area contributed by atoms with Crippen LogP contribution in [-0.4, -0.2) is 49.7 Å². The predicted octanol–water partition coefficient (Wildman–Crippen LogP) is 3.27. The maximum Gasteiger partial charge on any atom is 0.254 e. The van der Waals surface area contributed by atoms with Crippen molar-refractivity contribution >= 4 is 43.2 Å². The topological polar surface area (TPSA) is 57.7 Å². The fraction of sp³-hybridized carbons (Fsp3) is 0.353. The molecule has 1 aliphatic heterocycles. The molecule has 3 rings (SSSR count). The van der Waals surface area contributed by atoms with E-state index < -0.39 is 10.0 Å². The Balaban J connectivity index is 1.71. The third-order valence-electron chi connectivity index (χ3n) is 4.29. The molecule has 134 valence electrons. The van der Waals surface area contributed by atoms with Crippen molar-refractivity contribution in [1.82, 2.24) is 9.21 Å². The molecule has 0 aliphatic carbocycles.